The fraction of sp³-hybridized carbons (Fsp3) is 0.0909. The minimum absolute atomic E-state index is 0.120. The third-order valence-electron chi connectivity index (χ3n) is 2.29. The summed E-state index contributed by atoms with van der Waals surface area (Å²) in [4.78, 5) is 25.2. The molecule has 0 atom stereocenters. The number of aromatic carboxylic acids is 1. The van der Waals surface area contributed by atoms with Crippen molar-refractivity contribution in [1.82, 2.24) is 4.98 Å². The number of nitrogens with zero attached hydrogens (tertiary/aromatic N) is 2. The van der Waals surface area contributed by atoms with E-state index in [2.05, 4.69) is 10.3 Å². The second-order valence-corrected chi connectivity index (χ2v) is 4.82. The summed E-state index contributed by atoms with van der Waals surface area (Å²) in [6, 6.07) is 6.03. The SMILES string of the molecule is Cc1nc(C(=O)O)c(Nc2ccccc2[N+](=O)[O-])s1. The van der Waals surface area contributed by atoms with Crippen LogP contribution < -0.4 is 5.32 Å². The van der Waals surface area contributed by atoms with Gasteiger partial charge in [0, 0.05) is 6.07 Å². The number of rotatable bonds is 4. The number of aryl methyl sites for hydroxylation is 1. The highest BCUT2D eigenvalue weighted by atomic mass is 32.1. The Hall–Kier alpha value is -2.48. The van der Waals surface area contributed by atoms with Gasteiger partial charge in [-0.1, -0.05) is 12.1 Å². The van der Waals surface area contributed by atoms with E-state index in [1.54, 1.807) is 19.1 Å². The van der Waals surface area contributed by atoms with Crippen molar-refractivity contribution < 1.29 is 14.8 Å². The number of carbonyl (C=O) groups is 1. The van der Waals surface area contributed by atoms with Gasteiger partial charge in [-0.05, 0) is 13.0 Å². The maximum atomic E-state index is 11.0. The largest absolute Gasteiger partial charge is 0.476 e. The number of nitro benzene ring substituents is 1. The molecule has 1 heterocycles. The molecule has 98 valence electrons. The molecule has 2 rings (SSSR count). The molecule has 2 aromatic rings. The first kappa shape index (κ1) is 13.0. The fourth-order valence-electron chi connectivity index (χ4n) is 1.52. The summed E-state index contributed by atoms with van der Waals surface area (Å²) in [5.74, 6) is -1.18. The van der Waals surface area contributed by atoms with Crippen LogP contribution in [0, 0.1) is 17.0 Å². The van der Waals surface area contributed by atoms with Gasteiger partial charge >= 0.3 is 5.97 Å². The van der Waals surface area contributed by atoms with E-state index in [-0.39, 0.29) is 22.1 Å². The predicted molar refractivity (Wildman–Crippen MR) is 70.2 cm³/mol. The molecule has 0 radical (unpaired) electrons. The maximum Gasteiger partial charge on any atom is 0.357 e. The van der Waals surface area contributed by atoms with Gasteiger partial charge in [0.05, 0.1) is 9.93 Å². The zero-order valence-electron chi connectivity index (χ0n) is 9.78. The number of thiazole rings is 1. The molecule has 0 aliphatic heterocycles. The first-order chi connectivity index (χ1) is 8.99. The van der Waals surface area contributed by atoms with E-state index in [1.165, 1.54) is 12.1 Å². The monoisotopic (exact) mass is 279 g/mol. The lowest BCUT2D eigenvalue weighted by Crippen LogP contribution is -2.02. The summed E-state index contributed by atoms with van der Waals surface area (Å²) in [5, 5.41) is 23.5. The van der Waals surface area contributed by atoms with E-state index in [9.17, 15) is 14.9 Å². The standard InChI is InChI=1S/C11H9N3O4S/c1-6-12-9(11(15)16)10(19-6)13-7-4-2-3-5-8(7)14(17)18/h2-5,13H,1H3,(H,15,16). The number of nitro groups is 1. The molecule has 0 aliphatic rings. The Labute approximate surface area is 111 Å². The second kappa shape index (κ2) is 5.02. The van der Waals surface area contributed by atoms with Crippen molar-refractivity contribution in [3.05, 3.63) is 45.1 Å². The van der Waals surface area contributed by atoms with Gasteiger partial charge in [-0.15, -0.1) is 11.3 Å². The molecule has 1 aromatic carbocycles. The normalized spacial score (nSPS) is 10.2. The molecule has 8 heteroatoms. The first-order valence-electron chi connectivity index (χ1n) is 5.20. The van der Waals surface area contributed by atoms with Crippen LogP contribution in [0.15, 0.2) is 24.3 Å². The number of carboxylic acid groups (broad SMARTS) is 1. The van der Waals surface area contributed by atoms with Crippen LogP contribution in [0.3, 0.4) is 0 Å². The molecule has 19 heavy (non-hydrogen) atoms. The lowest BCUT2D eigenvalue weighted by molar-refractivity contribution is -0.383. The summed E-state index contributed by atoms with van der Waals surface area (Å²) < 4.78 is 0. The van der Waals surface area contributed by atoms with Gasteiger partial charge in [-0.3, -0.25) is 10.1 Å². The van der Waals surface area contributed by atoms with Gasteiger partial charge in [-0.25, -0.2) is 9.78 Å². The summed E-state index contributed by atoms with van der Waals surface area (Å²) in [6.07, 6.45) is 0. The van der Waals surface area contributed by atoms with Crippen LogP contribution in [0.5, 0.6) is 0 Å². The van der Waals surface area contributed by atoms with Crippen LogP contribution in [0.2, 0.25) is 0 Å². The Kier molecular flexibility index (Phi) is 3.43. The Bertz CT molecular complexity index is 653. The van der Waals surface area contributed by atoms with Gasteiger partial charge in [0.2, 0.25) is 0 Å². The van der Waals surface area contributed by atoms with Crippen molar-refractivity contribution >= 4 is 33.7 Å². The molecule has 0 bridgehead atoms. The van der Waals surface area contributed by atoms with E-state index in [1.807, 2.05) is 0 Å². The van der Waals surface area contributed by atoms with Crippen LogP contribution in [0.25, 0.3) is 0 Å². The number of hydrogen-bond donors (Lipinski definition) is 2. The van der Waals surface area contributed by atoms with Crippen LogP contribution in [-0.2, 0) is 0 Å². The molecule has 0 unspecified atom stereocenters. The van der Waals surface area contributed by atoms with Gasteiger partial charge in [0.25, 0.3) is 5.69 Å². The highest BCUT2D eigenvalue weighted by Crippen LogP contribution is 2.32. The Balaban J connectivity index is 2.42. The average molecular weight is 279 g/mol. The number of para-hydroxylation sites is 2. The van der Waals surface area contributed by atoms with Gasteiger partial charge in [0.1, 0.15) is 10.7 Å². The molecule has 1 aromatic heterocycles. The number of hydrogen-bond acceptors (Lipinski definition) is 6. The highest BCUT2D eigenvalue weighted by Gasteiger charge is 2.19. The van der Waals surface area contributed by atoms with Gasteiger partial charge < -0.3 is 10.4 Å². The van der Waals surface area contributed by atoms with Crippen molar-refractivity contribution in [2.45, 2.75) is 6.92 Å². The zero-order valence-corrected chi connectivity index (χ0v) is 10.6. The third kappa shape index (κ3) is 2.68. The van der Waals surface area contributed by atoms with Crippen LogP contribution in [0.1, 0.15) is 15.5 Å². The molecule has 0 fully saturated rings. The Morgan fingerprint density at radius 3 is 2.79 bits per heavy atom. The van der Waals surface area contributed by atoms with Crippen LogP contribution in [0.4, 0.5) is 16.4 Å². The molecule has 0 saturated heterocycles. The smallest absolute Gasteiger partial charge is 0.357 e. The number of anilines is 2. The highest BCUT2D eigenvalue weighted by molar-refractivity contribution is 7.16. The quantitative estimate of drug-likeness (QED) is 0.658. The molecule has 0 saturated carbocycles. The van der Waals surface area contributed by atoms with Gasteiger partial charge in [0.15, 0.2) is 5.69 Å². The predicted octanol–water partition coefficient (Wildman–Crippen LogP) is 2.80. The Morgan fingerprint density at radius 1 is 1.47 bits per heavy atom. The van der Waals surface area contributed by atoms with Gasteiger partial charge in [-0.2, -0.15) is 0 Å². The number of carboxylic acids is 1. The van der Waals surface area contributed by atoms with Crippen molar-refractivity contribution in [3.8, 4) is 0 Å². The third-order valence-corrected chi connectivity index (χ3v) is 3.17. The lowest BCUT2D eigenvalue weighted by atomic mass is 10.2. The molecule has 7 nitrogen and oxygen atoms in total. The van der Waals surface area contributed by atoms with Crippen molar-refractivity contribution in [2.24, 2.45) is 0 Å². The first-order valence-corrected chi connectivity index (χ1v) is 6.02. The van der Waals surface area contributed by atoms with Crippen LogP contribution >= 0.6 is 11.3 Å². The van der Waals surface area contributed by atoms with E-state index >= 15 is 0 Å². The zero-order chi connectivity index (χ0) is 14.0. The van der Waals surface area contributed by atoms with E-state index in [4.69, 9.17) is 5.11 Å². The summed E-state index contributed by atoms with van der Waals surface area (Å²) in [7, 11) is 0. The molecule has 0 amide bonds. The molecular formula is C11H9N3O4S. The second-order valence-electron chi connectivity index (χ2n) is 3.62. The van der Waals surface area contributed by atoms with E-state index in [0.29, 0.717) is 5.01 Å². The molecule has 2 N–H and O–H groups in total. The minimum Gasteiger partial charge on any atom is -0.476 e. The fourth-order valence-corrected chi connectivity index (χ4v) is 2.34. The topological polar surface area (TPSA) is 105 Å². The number of benzene rings is 1. The van der Waals surface area contributed by atoms with E-state index < -0.39 is 10.9 Å². The summed E-state index contributed by atoms with van der Waals surface area (Å²) in [6.45, 7) is 1.67. The van der Waals surface area contributed by atoms with E-state index in [0.717, 1.165) is 11.3 Å². The molecular weight excluding hydrogens is 270 g/mol. The Morgan fingerprint density at radius 2 is 2.16 bits per heavy atom. The number of nitrogens with one attached hydrogen (secondary N) is 1. The summed E-state index contributed by atoms with van der Waals surface area (Å²) >= 11 is 1.13. The van der Waals surface area contributed by atoms with Crippen molar-refractivity contribution in [2.75, 3.05) is 5.32 Å². The van der Waals surface area contributed by atoms with Crippen LogP contribution in [-0.4, -0.2) is 21.0 Å². The molecule has 0 spiro atoms. The van der Waals surface area contributed by atoms with Crippen molar-refractivity contribution in [1.29, 1.82) is 0 Å². The summed E-state index contributed by atoms with van der Waals surface area (Å²) in [5.41, 5.74) is -0.0239. The number of aromatic nitrogens is 1. The maximum absolute atomic E-state index is 11.0. The average Bonchev–Trinajstić information content (AvgIpc) is 2.71. The van der Waals surface area contributed by atoms with Crippen molar-refractivity contribution in [3.63, 3.8) is 0 Å². The molecule has 0 aliphatic carbocycles. The minimum atomic E-state index is -1.18. The lowest BCUT2D eigenvalue weighted by Gasteiger charge is -2.04.